The molecule has 0 spiro atoms. The zero-order chi connectivity index (χ0) is 8.55. The fourth-order valence-electron chi connectivity index (χ4n) is 1.08. The molecule has 2 aromatic rings. The third kappa shape index (κ3) is 1.11. The van der Waals surface area contributed by atoms with Crippen molar-refractivity contribution in [2.45, 2.75) is 6.92 Å². The molecule has 0 atom stereocenters. The van der Waals surface area contributed by atoms with Crippen molar-refractivity contribution in [2.24, 2.45) is 7.05 Å². The van der Waals surface area contributed by atoms with Gasteiger partial charge in [-0.2, -0.15) is 0 Å². The zero-order valence-electron chi connectivity index (χ0n) is 7.07. The fraction of sp³-hybridized carbons (Fsp3) is 0.250. The van der Waals surface area contributed by atoms with Crippen LogP contribution in [-0.4, -0.2) is 19.5 Å². The Morgan fingerprint density at radius 2 is 2.25 bits per heavy atom. The molecule has 0 saturated heterocycles. The van der Waals surface area contributed by atoms with Gasteiger partial charge in [-0.1, -0.05) is 0 Å². The number of H-pyrrole nitrogens is 1. The van der Waals surface area contributed by atoms with Gasteiger partial charge in [0, 0.05) is 25.1 Å². The first-order valence-electron chi connectivity index (χ1n) is 3.75. The Kier molecular flexibility index (Phi) is 1.46. The van der Waals surface area contributed by atoms with Gasteiger partial charge in [0.2, 0.25) is 0 Å². The quantitative estimate of drug-likeness (QED) is 0.683. The highest BCUT2D eigenvalue weighted by Gasteiger charge is 2.02. The summed E-state index contributed by atoms with van der Waals surface area (Å²) in [7, 11) is 1.94. The van der Waals surface area contributed by atoms with Gasteiger partial charge in [0.1, 0.15) is 5.69 Å². The molecule has 4 nitrogen and oxygen atoms in total. The molecule has 4 heteroatoms. The molecule has 0 aromatic carbocycles. The van der Waals surface area contributed by atoms with Crippen LogP contribution in [0.5, 0.6) is 0 Å². The van der Waals surface area contributed by atoms with Crippen molar-refractivity contribution in [2.75, 3.05) is 0 Å². The van der Waals surface area contributed by atoms with E-state index in [2.05, 4.69) is 15.0 Å². The molecule has 0 unspecified atom stereocenters. The number of rotatable bonds is 1. The third-order valence-electron chi connectivity index (χ3n) is 1.65. The van der Waals surface area contributed by atoms with Crippen LogP contribution in [0.3, 0.4) is 0 Å². The van der Waals surface area contributed by atoms with Crippen LogP contribution < -0.4 is 0 Å². The molecule has 0 saturated carbocycles. The second-order valence-corrected chi connectivity index (χ2v) is 2.84. The number of aromatic amines is 1. The van der Waals surface area contributed by atoms with Crippen molar-refractivity contribution >= 4 is 0 Å². The normalized spacial score (nSPS) is 10.5. The second kappa shape index (κ2) is 2.48. The van der Waals surface area contributed by atoms with Crippen LogP contribution in [0.4, 0.5) is 0 Å². The molecule has 0 aliphatic heterocycles. The van der Waals surface area contributed by atoms with Gasteiger partial charge in [0.25, 0.3) is 0 Å². The maximum atomic E-state index is 4.17. The Morgan fingerprint density at radius 1 is 1.42 bits per heavy atom. The van der Waals surface area contributed by atoms with Gasteiger partial charge in [0.15, 0.2) is 5.82 Å². The Labute approximate surface area is 70.3 Å². The molecular weight excluding hydrogens is 152 g/mol. The minimum atomic E-state index is 0.827. The van der Waals surface area contributed by atoms with Crippen LogP contribution in [0.1, 0.15) is 5.69 Å². The highest BCUT2D eigenvalue weighted by molar-refractivity contribution is 5.47. The first kappa shape index (κ1) is 7.09. The van der Waals surface area contributed by atoms with Gasteiger partial charge in [-0.05, 0) is 6.92 Å². The molecule has 2 heterocycles. The van der Waals surface area contributed by atoms with Gasteiger partial charge in [0.05, 0.1) is 6.33 Å². The minimum absolute atomic E-state index is 0.827. The van der Waals surface area contributed by atoms with Crippen molar-refractivity contribution in [3.63, 3.8) is 0 Å². The van der Waals surface area contributed by atoms with Gasteiger partial charge in [-0.15, -0.1) is 0 Å². The summed E-state index contributed by atoms with van der Waals surface area (Å²) in [5.74, 6) is 0.827. The lowest BCUT2D eigenvalue weighted by Crippen LogP contribution is -1.80. The van der Waals surface area contributed by atoms with E-state index < -0.39 is 0 Å². The van der Waals surface area contributed by atoms with E-state index in [4.69, 9.17) is 0 Å². The smallest absolute Gasteiger partial charge is 0.157 e. The molecule has 0 amide bonds. The molecule has 0 aliphatic rings. The summed E-state index contributed by atoms with van der Waals surface area (Å²) in [6, 6.07) is 0. The lowest BCUT2D eigenvalue weighted by Gasteiger charge is -1.86. The van der Waals surface area contributed by atoms with Crippen LogP contribution in [0.2, 0.25) is 0 Å². The molecule has 0 fully saturated rings. The summed E-state index contributed by atoms with van der Waals surface area (Å²) in [4.78, 5) is 11.5. The first-order valence-corrected chi connectivity index (χ1v) is 3.75. The number of hydrogen-bond donors (Lipinski definition) is 1. The monoisotopic (exact) mass is 162 g/mol. The topological polar surface area (TPSA) is 46.5 Å². The number of imidazole rings is 2. The molecule has 0 radical (unpaired) electrons. The predicted molar refractivity (Wildman–Crippen MR) is 45.5 cm³/mol. The van der Waals surface area contributed by atoms with Crippen LogP contribution in [0, 0.1) is 6.92 Å². The standard InChI is InChI=1S/C8H10N4/c1-6-3-9-8(11-6)7-4-12(2)5-10-7/h3-5H,1-2H3,(H,9,11). The van der Waals surface area contributed by atoms with Crippen LogP contribution in [0.15, 0.2) is 18.7 Å². The largest absolute Gasteiger partial charge is 0.341 e. The van der Waals surface area contributed by atoms with Crippen molar-refractivity contribution in [3.05, 3.63) is 24.4 Å². The summed E-state index contributed by atoms with van der Waals surface area (Å²) in [6.45, 7) is 1.97. The molecule has 1 N–H and O–H groups in total. The summed E-state index contributed by atoms with van der Waals surface area (Å²) in [6.07, 6.45) is 5.48. The molecule has 0 aliphatic carbocycles. The molecule has 2 aromatic heterocycles. The zero-order valence-corrected chi connectivity index (χ0v) is 7.07. The van der Waals surface area contributed by atoms with Gasteiger partial charge in [-0.3, -0.25) is 0 Å². The summed E-state index contributed by atoms with van der Waals surface area (Å²) < 4.78 is 1.90. The van der Waals surface area contributed by atoms with Gasteiger partial charge >= 0.3 is 0 Å². The van der Waals surface area contributed by atoms with Crippen molar-refractivity contribution in [1.82, 2.24) is 19.5 Å². The molecular formula is C8H10N4. The van der Waals surface area contributed by atoms with Gasteiger partial charge in [-0.25, -0.2) is 9.97 Å². The Morgan fingerprint density at radius 3 is 2.75 bits per heavy atom. The van der Waals surface area contributed by atoms with E-state index in [1.807, 2.05) is 24.7 Å². The number of nitrogens with zero attached hydrogens (tertiary/aromatic N) is 3. The van der Waals surface area contributed by atoms with Gasteiger partial charge < -0.3 is 9.55 Å². The molecule has 0 bridgehead atoms. The van der Waals surface area contributed by atoms with Crippen LogP contribution in [-0.2, 0) is 7.05 Å². The highest BCUT2D eigenvalue weighted by atomic mass is 15.0. The average Bonchev–Trinajstić information content (AvgIpc) is 2.58. The first-order chi connectivity index (χ1) is 5.75. The van der Waals surface area contributed by atoms with Crippen LogP contribution in [0.25, 0.3) is 11.5 Å². The van der Waals surface area contributed by atoms with E-state index in [0.29, 0.717) is 0 Å². The summed E-state index contributed by atoms with van der Waals surface area (Å²) in [5.41, 5.74) is 1.93. The molecule has 2 rings (SSSR count). The summed E-state index contributed by atoms with van der Waals surface area (Å²) >= 11 is 0. The van der Waals surface area contributed by atoms with Crippen molar-refractivity contribution < 1.29 is 0 Å². The van der Waals surface area contributed by atoms with E-state index >= 15 is 0 Å². The lowest BCUT2D eigenvalue weighted by molar-refractivity contribution is 0.913. The number of aryl methyl sites for hydroxylation is 2. The Balaban J connectivity index is 2.43. The SMILES string of the molecule is Cc1cnc(-c2cn(C)cn2)[nH]1. The maximum Gasteiger partial charge on any atom is 0.157 e. The second-order valence-electron chi connectivity index (χ2n) is 2.84. The Hall–Kier alpha value is -1.58. The number of aromatic nitrogens is 4. The molecule has 62 valence electrons. The van der Waals surface area contributed by atoms with Crippen molar-refractivity contribution in [1.29, 1.82) is 0 Å². The van der Waals surface area contributed by atoms with E-state index in [9.17, 15) is 0 Å². The van der Waals surface area contributed by atoms with Crippen molar-refractivity contribution in [3.8, 4) is 11.5 Å². The minimum Gasteiger partial charge on any atom is -0.341 e. The van der Waals surface area contributed by atoms with Crippen LogP contribution >= 0.6 is 0 Å². The predicted octanol–water partition coefficient (Wildman–Crippen LogP) is 1.12. The van der Waals surface area contributed by atoms with E-state index in [1.54, 1.807) is 12.5 Å². The number of hydrogen-bond acceptors (Lipinski definition) is 2. The average molecular weight is 162 g/mol. The number of nitrogens with one attached hydrogen (secondary N) is 1. The Bertz CT molecular complexity index is 347. The highest BCUT2D eigenvalue weighted by Crippen LogP contribution is 2.11. The van der Waals surface area contributed by atoms with E-state index in [-0.39, 0.29) is 0 Å². The lowest BCUT2D eigenvalue weighted by atomic mass is 10.4. The van der Waals surface area contributed by atoms with E-state index in [0.717, 1.165) is 17.2 Å². The molecule has 12 heavy (non-hydrogen) atoms. The summed E-state index contributed by atoms with van der Waals surface area (Å²) in [5, 5.41) is 0. The third-order valence-corrected chi connectivity index (χ3v) is 1.65. The maximum absolute atomic E-state index is 4.17. The fourth-order valence-corrected chi connectivity index (χ4v) is 1.08. The van der Waals surface area contributed by atoms with E-state index in [1.165, 1.54) is 0 Å².